The lowest BCUT2D eigenvalue weighted by molar-refractivity contribution is -0.127. The van der Waals surface area contributed by atoms with Crippen LogP contribution in [0.4, 0.5) is 4.39 Å². The Labute approximate surface area is 120 Å². The Hall–Kier alpha value is -2.44. The summed E-state index contributed by atoms with van der Waals surface area (Å²) in [7, 11) is 1.72. The third-order valence-electron chi connectivity index (χ3n) is 3.43. The van der Waals surface area contributed by atoms with Crippen LogP contribution in [-0.4, -0.2) is 28.0 Å². The summed E-state index contributed by atoms with van der Waals surface area (Å²) in [5.74, 6) is 0.862. The third-order valence-corrected chi connectivity index (χ3v) is 3.43. The van der Waals surface area contributed by atoms with Crippen LogP contribution in [0.5, 0.6) is 5.75 Å². The molecule has 0 N–H and O–H groups in total. The van der Waals surface area contributed by atoms with E-state index in [-0.39, 0.29) is 24.4 Å². The molecule has 2 aromatic rings. The fourth-order valence-corrected chi connectivity index (χ4v) is 2.26. The number of halogens is 1. The normalized spacial score (nSPS) is 18.3. The molecule has 1 atom stereocenters. The van der Waals surface area contributed by atoms with Gasteiger partial charge >= 0.3 is 0 Å². The SMILES string of the molecule is CN1C(=O)CC[C@@H]1c1nc(COc2cccc(F)c2)no1. The van der Waals surface area contributed by atoms with Gasteiger partial charge in [0.15, 0.2) is 6.61 Å². The van der Waals surface area contributed by atoms with E-state index in [1.54, 1.807) is 24.1 Å². The van der Waals surface area contributed by atoms with Crippen LogP contribution in [0.3, 0.4) is 0 Å². The van der Waals surface area contributed by atoms with Gasteiger partial charge in [-0.2, -0.15) is 4.98 Å². The molecule has 1 fully saturated rings. The lowest BCUT2D eigenvalue weighted by atomic mass is 10.2. The summed E-state index contributed by atoms with van der Waals surface area (Å²) in [5.41, 5.74) is 0. The van der Waals surface area contributed by atoms with Crippen molar-refractivity contribution in [3.05, 3.63) is 41.8 Å². The van der Waals surface area contributed by atoms with Gasteiger partial charge in [0.2, 0.25) is 17.6 Å². The number of carbonyl (C=O) groups excluding carboxylic acids is 1. The molecule has 1 amide bonds. The van der Waals surface area contributed by atoms with Crippen LogP contribution in [0.25, 0.3) is 0 Å². The molecule has 1 aliphatic heterocycles. The van der Waals surface area contributed by atoms with Crippen LogP contribution in [0, 0.1) is 5.82 Å². The third kappa shape index (κ3) is 2.86. The molecular weight excluding hydrogens is 277 g/mol. The Bertz CT molecular complexity index is 658. The Morgan fingerprint density at radius 3 is 3.10 bits per heavy atom. The van der Waals surface area contributed by atoms with Crippen LogP contribution < -0.4 is 4.74 Å². The first-order valence-electron chi connectivity index (χ1n) is 6.60. The molecule has 1 aromatic carbocycles. The van der Waals surface area contributed by atoms with Crippen LogP contribution >= 0.6 is 0 Å². The van der Waals surface area contributed by atoms with Gasteiger partial charge in [-0.3, -0.25) is 4.79 Å². The minimum atomic E-state index is -0.368. The van der Waals surface area contributed by atoms with E-state index in [2.05, 4.69) is 10.1 Å². The van der Waals surface area contributed by atoms with Crippen molar-refractivity contribution in [3.8, 4) is 5.75 Å². The van der Waals surface area contributed by atoms with Crippen molar-refractivity contribution in [2.24, 2.45) is 0 Å². The number of rotatable bonds is 4. The quantitative estimate of drug-likeness (QED) is 0.862. The predicted molar refractivity (Wildman–Crippen MR) is 69.8 cm³/mol. The summed E-state index contributed by atoms with van der Waals surface area (Å²) >= 11 is 0. The lowest BCUT2D eigenvalue weighted by Gasteiger charge is -2.14. The van der Waals surface area contributed by atoms with Crippen molar-refractivity contribution in [1.82, 2.24) is 15.0 Å². The van der Waals surface area contributed by atoms with Crippen LogP contribution in [0.15, 0.2) is 28.8 Å². The zero-order chi connectivity index (χ0) is 14.8. The smallest absolute Gasteiger partial charge is 0.249 e. The average Bonchev–Trinajstić information content (AvgIpc) is 3.05. The lowest BCUT2D eigenvalue weighted by Crippen LogP contribution is -2.22. The van der Waals surface area contributed by atoms with E-state index in [0.29, 0.717) is 30.3 Å². The number of aromatic nitrogens is 2. The van der Waals surface area contributed by atoms with Crippen LogP contribution in [0.2, 0.25) is 0 Å². The number of amides is 1. The first-order valence-corrected chi connectivity index (χ1v) is 6.60. The molecule has 0 saturated carbocycles. The summed E-state index contributed by atoms with van der Waals surface area (Å²) in [6.07, 6.45) is 1.15. The molecule has 7 heteroatoms. The number of carbonyl (C=O) groups is 1. The molecule has 21 heavy (non-hydrogen) atoms. The standard InChI is InChI=1S/C14H14FN3O3/c1-18-11(5-6-13(18)19)14-16-12(17-21-14)8-20-10-4-2-3-9(15)7-10/h2-4,7,11H,5-6,8H2,1H3/t11-/m1/s1. The second kappa shape index (κ2) is 5.51. The van der Waals surface area contributed by atoms with Gasteiger partial charge in [-0.1, -0.05) is 11.2 Å². The first-order chi connectivity index (χ1) is 10.1. The van der Waals surface area contributed by atoms with E-state index >= 15 is 0 Å². The van der Waals surface area contributed by atoms with Crippen molar-refractivity contribution < 1.29 is 18.4 Å². The summed E-state index contributed by atoms with van der Waals surface area (Å²) in [5, 5.41) is 3.81. The fraction of sp³-hybridized carbons (Fsp3) is 0.357. The van der Waals surface area contributed by atoms with E-state index in [1.807, 2.05) is 0 Å². The molecule has 3 rings (SSSR count). The Morgan fingerprint density at radius 1 is 1.52 bits per heavy atom. The highest BCUT2D eigenvalue weighted by Gasteiger charge is 2.33. The highest BCUT2D eigenvalue weighted by Crippen LogP contribution is 2.30. The highest BCUT2D eigenvalue weighted by molar-refractivity contribution is 5.78. The van der Waals surface area contributed by atoms with Crippen LogP contribution in [-0.2, 0) is 11.4 Å². The minimum Gasteiger partial charge on any atom is -0.485 e. The van der Waals surface area contributed by atoms with E-state index in [1.165, 1.54) is 12.1 Å². The van der Waals surface area contributed by atoms with Gasteiger partial charge in [0.05, 0.1) is 0 Å². The molecule has 110 valence electrons. The van der Waals surface area contributed by atoms with Gasteiger partial charge in [-0.15, -0.1) is 0 Å². The second-order valence-electron chi connectivity index (χ2n) is 4.85. The molecule has 1 aliphatic rings. The molecule has 0 radical (unpaired) electrons. The Morgan fingerprint density at radius 2 is 2.38 bits per heavy atom. The number of hydrogen-bond donors (Lipinski definition) is 0. The molecule has 0 unspecified atom stereocenters. The van der Waals surface area contributed by atoms with Gasteiger partial charge in [-0.25, -0.2) is 4.39 Å². The van der Waals surface area contributed by atoms with E-state index in [0.717, 1.165) is 0 Å². The largest absolute Gasteiger partial charge is 0.485 e. The number of benzene rings is 1. The summed E-state index contributed by atoms with van der Waals surface area (Å²) in [6, 6.07) is 5.66. The fourth-order valence-electron chi connectivity index (χ4n) is 2.26. The second-order valence-corrected chi connectivity index (χ2v) is 4.85. The number of ether oxygens (including phenoxy) is 1. The molecule has 6 nitrogen and oxygen atoms in total. The van der Waals surface area contributed by atoms with Crippen molar-refractivity contribution in [3.63, 3.8) is 0 Å². The predicted octanol–water partition coefficient (Wildman–Crippen LogP) is 2.08. The van der Waals surface area contributed by atoms with Crippen molar-refractivity contribution >= 4 is 5.91 Å². The molecule has 1 aromatic heterocycles. The maximum Gasteiger partial charge on any atom is 0.249 e. The van der Waals surface area contributed by atoms with Crippen molar-refractivity contribution in [2.75, 3.05) is 7.05 Å². The van der Waals surface area contributed by atoms with Gasteiger partial charge in [0, 0.05) is 19.5 Å². The first kappa shape index (κ1) is 13.5. The molecule has 0 aliphatic carbocycles. The zero-order valence-electron chi connectivity index (χ0n) is 11.5. The minimum absolute atomic E-state index is 0.0655. The van der Waals surface area contributed by atoms with Gasteiger partial charge < -0.3 is 14.2 Å². The molecule has 2 heterocycles. The monoisotopic (exact) mass is 291 g/mol. The van der Waals surface area contributed by atoms with E-state index in [9.17, 15) is 9.18 Å². The molecule has 0 spiro atoms. The van der Waals surface area contributed by atoms with E-state index < -0.39 is 0 Å². The Kier molecular flexibility index (Phi) is 3.55. The molecular formula is C14H14FN3O3. The van der Waals surface area contributed by atoms with Crippen molar-refractivity contribution in [2.45, 2.75) is 25.5 Å². The van der Waals surface area contributed by atoms with Crippen LogP contribution in [0.1, 0.15) is 30.6 Å². The van der Waals surface area contributed by atoms with E-state index in [4.69, 9.17) is 9.26 Å². The number of nitrogens with zero attached hydrogens (tertiary/aromatic N) is 3. The topological polar surface area (TPSA) is 68.5 Å². The maximum atomic E-state index is 13.0. The highest BCUT2D eigenvalue weighted by atomic mass is 19.1. The van der Waals surface area contributed by atoms with Gasteiger partial charge in [-0.05, 0) is 18.6 Å². The summed E-state index contributed by atoms with van der Waals surface area (Å²) in [6.45, 7) is 0.0807. The Balaban J connectivity index is 1.64. The van der Waals surface area contributed by atoms with Crippen molar-refractivity contribution in [1.29, 1.82) is 0 Å². The molecule has 1 saturated heterocycles. The van der Waals surface area contributed by atoms with Gasteiger partial charge in [0.25, 0.3) is 0 Å². The number of hydrogen-bond acceptors (Lipinski definition) is 5. The maximum absolute atomic E-state index is 13.0. The summed E-state index contributed by atoms with van der Waals surface area (Å²) < 4.78 is 23.6. The average molecular weight is 291 g/mol. The van der Waals surface area contributed by atoms with Gasteiger partial charge in [0.1, 0.15) is 17.6 Å². The molecule has 0 bridgehead atoms. The number of likely N-dealkylation sites (tertiary alicyclic amines) is 1. The summed E-state index contributed by atoms with van der Waals surface area (Å²) in [4.78, 5) is 17.3. The zero-order valence-corrected chi connectivity index (χ0v) is 11.5.